The number of hydrogen-bond donors (Lipinski definition) is 0. The Morgan fingerprint density at radius 1 is 1.24 bits per heavy atom. The fourth-order valence-electron chi connectivity index (χ4n) is 3.25. The first-order valence-corrected chi connectivity index (χ1v) is 9.14. The van der Waals surface area contributed by atoms with Crippen LogP contribution in [0.25, 0.3) is 0 Å². The van der Waals surface area contributed by atoms with E-state index >= 15 is 0 Å². The highest BCUT2D eigenvalue weighted by atomic mass is 32.2. The standard InChI is InChI=1S/C20H22N2O2S/c1-14(25-19-11-7-8-12-22(19)24)17(23)13-18-20(2,3)15-9-5-6-10-16(15)21(18)4/h5-14H,1-4H3/b18-13+. The number of carbonyl (C=O) groups excluding carboxylic acids is 1. The molecule has 2 aromatic rings. The van der Waals surface area contributed by atoms with Crippen LogP contribution in [0.1, 0.15) is 26.3 Å². The summed E-state index contributed by atoms with van der Waals surface area (Å²) in [4.78, 5) is 14.8. The molecule has 0 amide bonds. The second-order valence-electron chi connectivity index (χ2n) is 6.76. The predicted octanol–water partition coefficient (Wildman–Crippen LogP) is 3.68. The highest BCUT2D eigenvalue weighted by molar-refractivity contribution is 8.00. The van der Waals surface area contributed by atoms with Crippen LogP contribution in [0.5, 0.6) is 0 Å². The van der Waals surface area contributed by atoms with E-state index in [-0.39, 0.29) is 16.4 Å². The van der Waals surface area contributed by atoms with Gasteiger partial charge in [0.25, 0.3) is 5.03 Å². The number of para-hydroxylation sites is 1. The van der Waals surface area contributed by atoms with E-state index in [0.29, 0.717) is 5.03 Å². The fraction of sp³-hybridized carbons (Fsp3) is 0.300. The molecule has 3 rings (SSSR count). The molecule has 1 atom stereocenters. The number of ketones is 1. The van der Waals surface area contributed by atoms with Crippen molar-refractivity contribution in [3.8, 4) is 0 Å². The van der Waals surface area contributed by atoms with Gasteiger partial charge in [0.2, 0.25) is 0 Å². The van der Waals surface area contributed by atoms with Gasteiger partial charge < -0.3 is 10.1 Å². The predicted molar refractivity (Wildman–Crippen MR) is 102 cm³/mol. The van der Waals surface area contributed by atoms with Crippen molar-refractivity contribution in [3.05, 3.63) is 71.2 Å². The van der Waals surface area contributed by atoms with Crippen LogP contribution in [0, 0.1) is 5.21 Å². The lowest BCUT2D eigenvalue weighted by Crippen LogP contribution is -2.29. The topological polar surface area (TPSA) is 47.2 Å². The largest absolute Gasteiger partial charge is 0.618 e. The molecule has 1 aliphatic rings. The summed E-state index contributed by atoms with van der Waals surface area (Å²) < 4.78 is 0.795. The minimum Gasteiger partial charge on any atom is -0.618 e. The van der Waals surface area contributed by atoms with Crippen molar-refractivity contribution in [1.82, 2.24) is 0 Å². The molecule has 0 N–H and O–H groups in total. The average molecular weight is 354 g/mol. The summed E-state index contributed by atoms with van der Waals surface area (Å²) in [5, 5.41) is 12.0. The van der Waals surface area contributed by atoms with Crippen LogP contribution >= 0.6 is 11.8 Å². The van der Waals surface area contributed by atoms with Crippen molar-refractivity contribution in [2.45, 2.75) is 36.5 Å². The van der Waals surface area contributed by atoms with Gasteiger partial charge in [-0.2, -0.15) is 4.73 Å². The number of nitrogens with zero attached hydrogens (tertiary/aromatic N) is 2. The Balaban J connectivity index is 1.85. The number of benzene rings is 1. The molecule has 0 fully saturated rings. The molecule has 4 nitrogen and oxygen atoms in total. The van der Waals surface area contributed by atoms with Crippen LogP contribution in [-0.2, 0) is 10.2 Å². The van der Waals surface area contributed by atoms with Crippen LogP contribution in [0.4, 0.5) is 5.69 Å². The first kappa shape index (κ1) is 17.5. The Kier molecular flexibility index (Phi) is 4.60. The lowest BCUT2D eigenvalue weighted by molar-refractivity contribution is -0.645. The van der Waals surface area contributed by atoms with Gasteiger partial charge in [0, 0.05) is 42.1 Å². The third-order valence-corrected chi connectivity index (χ3v) is 5.85. The van der Waals surface area contributed by atoms with Gasteiger partial charge in [0.15, 0.2) is 12.0 Å². The van der Waals surface area contributed by atoms with Crippen molar-refractivity contribution in [1.29, 1.82) is 0 Å². The van der Waals surface area contributed by atoms with E-state index in [4.69, 9.17) is 0 Å². The van der Waals surface area contributed by atoms with Gasteiger partial charge >= 0.3 is 0 Å². The van der Waals surface area contributed by atoms with E-state index in [0.717, 1.165) is 16.1 Å². The number of aromatic nitrogens is 1. The summed E-state index contributed by atoms with van der Waals surface area (Å²) in [7, 11) is 1.99. The number of allylic oxidation sites excluding steroid dienone is 2. The SMILES string of the molecule is CC(Sc1cccc[n+]1[O-])C(=O)/C=C1/N(C)c2ccccc2C1(C)C. The van der Waals surface area contributed by atoms with Crippen LogP contribution < -0.4 is 9.63 Å². The Morgan fingerprint density at radius 3 is 2.60 bits per heavy atom. The van der Waals surface area contributed by atoms with Gasteiger partial charge in [-0.3, -0.25) is 4.79 Å². The molecule has 1 unspecified atom stereocenters. The number of anilines is 1. The average Bonchev–Trinajstić information content (AvgIpc) is 2.78. The Hall–Kier alpha value is -2.27. The smallest absolute Gasteiger partial charge is 0.252 e. The van der Waals surface area contributed by atoms with E-state index in [2.05, 4.69) is 30.9 Å². The number of likely N-dealkylation sites (N-methyl/N-ethyl adjacent to an activating group) is 1. The molecule has 0 saturated heterocycles. The normalized spacial score (nSPS) is 18.2. The van der Waals surface area contributed by atoms with Crippen LogP contribution in [-0.4, -0.2) is 18.1 Å². The van der Waals surface area contributed by atoms with Crippen molar-refractivity contribution in [3.63, 3.8) is 0 Å². The molecular formula is C20H22N2O2S. The summed E-state index contributed by atoms with van der Waals surface area (Å²) >= 11 is 1.28. The minimum atomic E-state index is -0.331. The van der Waals surface area contributed by atoms with E-state index in [1.54, 1.807) is 24.3 Å². The minimum absolute atomic E-state index is 0.0107. The maximum Gasteiger partial charge on any atom is 0.252 e. The van der Waals surface area contributed by atoms with Crippen molar-refractivity contribution in [2.75, 3.05) is 11.9 Å². The molecule has 25 heavy (non-hydrogen) atoms. The van der Waals surface area contributed by atoms with E-state index in [9.17, 15) is 10.0 Å². The maximum atomic E-state index is 12.8. The van der Waals surface area contributed by atoms with Gasteiger partial charge in [-0.05, 0) is 36.4 Å². The Bertz CT molecular complexity index is 845. The van der Waals surface area contributed by atoms with Crippen LogP contribution in [0.2, 0.25) is 0 Å². The number of pyridine rings is 1. The van der Waals surface area contributed by atoms with E-state index < -0.39 is 0 Å². The van der Waals surface area contributed by atoms with Gasteiger partial charge in [-0.25, -0.2) is 0 Å². The van der Waals surface area contributed by atoms with Crippen LogP contribution in [0.3, 0.4) is 0 Å². The van der Waals surface area contributed by atoms with Gasteiger partial charge in [0.05, 0.1) is 5.25 Å². The van der Waals surface area contributed by atoms with E-state index in [1.807, 2.05) is 26.1 Å². The third-order valence-electron chi connectivity index (χ3n) is 4.71. The summed E-state index contributed by atoms with van der Waals surface area (Å²) in [6.45, 7) is 6.11. The summed E-state index contributed by atoms with van der Waals surface area (Å²) in [5.74, 6) is 0.0107. The first-order chi connectivity index (χ1) is 11.8. The van der Waals surface area contributed by atoms with Gasteiger partial charge in [-0.1, -0.05) is 32.0 Å². The molecule has 130 valence electrons. The fourth-order valence-corrected chi connectivity index (χ4v) is 4.12. The number of carbonyl (C=O) groups is 1. The molecule has 1 aromatic carbocycles. The molecule has 5 heteroatoms. The van der Waals surface area contributed by atoms with Crippen molar-refractivity contribution < 1.29 is 9.52 Å². The number of hydrogen-bond acceptors (Lipinski definition) is 4. The molecule has 0 radical (unpaired) electrons. The van der Waals surface area contributed by atoms with Crippen molar-refractivity contribution >= 4 is 23.2 Å². The second kappa shape index (κ2) is 6.56. The quantitative estimate of drug-likeness (QED) is 0.364. The maximum absolute atomic E-state index is 12.8. The lowest BCUT2D eigenvalue weighted by atomic mass is 9.83. The number of fused-ring (bicyclic) bond motifs is 1. The van der Waals surface area contributed by atoms with Crippen LogP contribution in [0.15, 0.2) is 65.5 Å². The summed E-state index contributed by atoms with van der Waals surface area (Å²) in [5.41, 5.74) is 3.11. The zero-order chi connectivity index (χ0) is 18.2. The molecule has 0 spiro atoms. The number of thioether (sulfide) groups is 1. The highest BCUT2D eigenvalue weighted by Crippen LogP contribution is 2.46. The molecule has 0 aliphatic carbocycles. The van der Waals surface area contributed by atoms with Gasteiger partial charge in [0.1, 0.15) is 0 Å². The van der Waals surface area contributed by atoms with Gasteiger partial charge in [-0.15, -0.1) is 0 Å². The molecule has 0 bridgehead atoms. The van der Waals surface area contributed by atoms with Crippen molar-refractivity contribution in [2.24, 2.45) is 0 Å². The summed E-state index contributed by atoms with van der Waals surface area (Å²) in [6.07, 6.45) is 3.18. The molecule has 1 aromatic heterocycles. The van der Waals surface area contributed by atoms with E-state index in [1.165, 1.54) is 23.5 Å². The number of rotatable bonds is 4. The Morgan fingerprint density at radius 2 is 1.92 bits per heavy atom. The highest BCUT2D eigenvalue weighted by Gasteiger charge is 2.38. The molecule has 0 saturated carbocycles. The monoisotopic (exact) mass is 354 g/mol. The molecule has 1 aliphatic heterocycles. The Labute approximate surface area is 152 Å². The zero-order valence-corrected chi connectivity index (χ0v) is 15.7. The molecular weight excluding hydrogens is 332 g/mol. The molecule has 2 heterocycles. The zero-order valence-electron chi connectivity index (χ0n) is 14.9. The third kappa shape index (κ3) is 3.16. The first-order valence-electron chi connectivity index (χ1n) is 8.26. The summed E-state index contributed by atoms with van der Waals surface area (Å²) in [6, 6.07) is 13.4. The lowest BCUT2D eigenvalue weighted by Gasteiger charge is -2.24. The second-order valence-corrected chi connectivity index (χ2v) is 8.12.